The number of phosphoric ester groups is 1. The van der Waals surface area contributed by atoms with Gasteiger partial charge in [-0.05, 0) is 19.3 Å². The molecule has 29 heavy (non-hydrogen) atoms. The van der Waals surface area contributed by atoms with Crippen molar-refractivity contribution in [3.05, 3.63) is 12.2 Å². The summed E-state index contributed by atoms with van der Waals surface area (Å²) in [5.74, 6) is 0.0157. The Labute approximate surface area is 177 Å². The van der Waals surface area contributed by atoms with E-state index in [2.05, 4.69) is 13.0 Å². The van der Waals surface area contributed by atoms with Crippen LogP contribution >= 0.6 is 7.82 Å². The van der Waals surface area contributed by atoms with E-state index < -0.39 is 13.9 Å². The van der Waals surface area contributed by atoms with E-state index in [1.165, 1.54) is 38.5 Å². The molecule has 1 aliphatic heterocycles. The van der Waals surface area contributed by atoms with Crippen LogP contribution in [0.5, 0.6) is 0 Å². The molecule has 7 nitrogen and oxygen atoms in total. The number of hydrogen-bond donors (Lipinski definition) is 0. The van der Waals surface area contributed by atoms with Gasteiger partial charge in [-0.25, -0.2) is 0 Å². The van der Waals surface area contributed by atoms with E-state index in [9.17, 15) is 14.3 Å². The van der Waals surface area contributed by atoms with E-state index in [4.69, 9.17) is 9.05 Å². The third kappa shape index (κ3) is 13.2. The van der Waals surface area contributed by atoms with Gasteiger partial charge in [0.15, 0.2) is 0 Å². The minimum atomic E-state index is -4.34. The lowest BCUT2D eigenvalue weighted by Crippen LogP contribution is -2.37. The van der Waals surface area contributed by atoms with E-state index in [0.29, 0.717) is 37.0 Å². The van der Waals surface area contributed by atoms with Crippen LogP contribution in [0.15, 0.2) is 12.2 Å². The Morgan fingerprint density at radius 2 is 1.86 bits per heavy atom. The quantitative estimate of drug-likeness (QED) is 0.171. The topological polar surface area (TPSA) is 78.9 Å². The van der Waals surface area contributed by atoms with Crippen molar-refractivity contribution in [3.63, 3.8) is 0 Å². The van der Waals surface area contributed by atoms with E-state index in [1.807, 2.05) is 27.2 Å². The molecule has 0 aliphatic carbocycles. The number of unbranched alkanes of at least 4 members (excludes halogenated alkanes) is 6. The third-order valence-electron chi connectivity index (χ3n) is 4.97. The second-order valence-electron chi connectivity index (χ2n) is 8.88. The fraction of sp³-hybridized carbons (Fsp3) is 0.857. The number of likely N-dealkylation sites (tertiary alicyclic amines) is 1. The maximum Gasteiger partial charge on any atom is 0.268 e. The highest BCUT2D eigenvalue weighted by molar-refractivity contribution is 7.45. The second kappa shape index (κ2) is 13.6. The Kier molecular flexibility index (Phi) is 12.3. The van der Waals surface area contributed by atoms with Gasteiger partial charge in [0.25, 0.3) is 7.82 Å². The van der Waals surface area contributed by atoms with Crippen molar-refractivity contribution in [3.8, 4) is 0 Å². The lowest BCUT2D eigenvalue weighted by molar-refractivity contribution is -0.870. The smallest absolute Gasteiger partial charge is 0.268 e. The van der Waals surface area contributed by atoms with Gasteiger partial charge in [0.2, 0.25) is 5.91 Å². The highest BCUT2D eigenvalue weighted by atomic mass is 31.2. The molecular formula is C21H41N2O5P. The van der Waals surface area contributed by atoms with Gasteiger partial charge in [-0.2, -0.15) is 0 Å². The molecule has 0 spiro atoms. The van der Waals surface area contributed by atoms with Crippen LogP contribution in [-0.4, -0.2) is 68.8 Å². The average Bonchev–Trinajstić information content (AvgIpc) is 3.06. The highest BCUT2D eigenvalue weighted by Gasteiger charge is 2.29. The highest BCUT2D eigenvalue weighted by Crippen LogP contribution is 2.41. The molecule has 8 heteroatoms. The summed E-state index contributed by atoms with van der Waals surface area (Å²) in [5, 5.41) is 0. The molecule has 0 bridgehead atoms. The van der Waals surface area contributed by atoms with Crippen molar-refractivity contribution in [1.29, 1.82) is 0 Å². The van der Waals surface area contributed by atoms with Gasteiger partial charge in [0, 0.05) is 19.5 Å². The van der Waals surface area contributed by atoms with Crippen molar-refractivity contribution in [2.45, 2.75) is 70.8 Å². The normalized spacial score (nSPS) is 19.8. The Morgan fingerprint density at radius 3 is 2.55 bits per heavy atom. The number of hydrogen-bond acceptors (Lipinski definition) is 5. The number of rotatable bonds is 15. The van der Waals surface area contributed by atoms with Crippen LogP contribution in [-0.2, 0) is 18.4 Å². The molecule has 1 unspecified atom stereocenters. The maximum atomic E-state index is 12.3. The molecule has 1 fully saturated rings. The number of likely N-dealkylation sites (N-methyl/N-ethyl adjacent to an activating group) is 1. The van der Waals surface area contributed by atoms with E-state index >= 15 is 0 Å². The zero-order chi connectivity index (χ0) is 21.8. The van der Waals surface area contributed by atoms with Crippen molar-refractivity contribution >= 4 is 13.7 Å². The molecule has 0 aromatic rings. The summed E-state index contributed by atoms with van der Waals surface area (Å²) in [6.45, 7) is 3.69. The fourth-order valence-electron chi connectivity index (χ4n) is 3.15. The molecule has 0 saturated carbocycles. The van der Waals surface area contributed by atoms with E-state index in [-0.39, 0.29) is 12.5 Å². The molecule has 0 aromatic carbocycles. The lowest BCUT2D eigenvalue weighted by Gasteiger charge is -2.28. The largest absolute Gasteiger partial charge is 0.756 e. The van der Waals surface area contributed by atoms with Gasteiger partial charge in [-0.3, -0.25) is 9.36 Å². The molecule has 1 aliphatic rings. The molecular weight excluding hydrogens is 391 g/mol. The van der Waals surface area contributed by atoms with E-state index in [1.54, 1.807) is 4.90 Å². The fourth-order valence-corrected chi connectivity index (χ4v) is 4.06. The first-order valence-electron chi connectivity index (χ1n) is 11.0. The zero-order valence-corrected chi connectivity index (χ0v) is 19.7. The summed E-state index contributed by atoms with van der Waals surface area (Å²) in [5.41, 5.74) is 0. The SMILES string of the molecule is CCCCCCCC/C=C\CC(=O)N1CC[C@H](OP(=O)([O-])OCC[N+](C)(C)C)C1. The molecule has 0 radical (unpaired) electrons. The Bertz CT molecular complexity index is 548. The monoisotopic (exact) mass is 432 g/mol. The minimum Gasteiger partial charge on any atom is -0.756 e. The van der Waals surface area contributed by atoms with Crippen LogP contribution in [0, 0.1) is 0 Å². The first kappa shape index (κ1) is 26.3. The molecule has 1 rings (SSSR count). The zero-order valence-electron chi connectivity index (χ0n) is 18.8. The number of nitrogens with zero attached hydrogens (tertiary/aromatic N) is 2. The van der Waals surface area contributed by atoms with Crippen molar-refractivity contribution < 1.29 is 27.8 Å². The maximum absolute atomic E-state index is 12.3. The van der Waals surface area contributed by atoms with Crippen LogP contribution in [0.4, 0.5) is 0 Å². The van der Waals surface area contributed by atoms with Crippen molar-refractivity contribution in [2.24, 2.45) is 0 Å². The lowest BCUT2D eigenvalue weighted by atomic mass is 10.1. The number of phosphoric acid groups is 1. The van der Waals surface area contributed by atoms with Crippen LogP contribution in [0.25, 0.3) is 0 Å². The number of quaternary nitrogens is 1. The summed E-state index contributed by atoms with van der Waals surface area (Å²) in [6.07, 6.45) is 13.0. The predicted molar refractivity (Wildman–Crippen MR) is 114 cm³/mol. The summed E-state index contributed by atoms with van der Waals surface area (Å²) < 4.78 is 22.7. The van der Waals surface area contributed by atoms with Crippen molar-refractivity contribution in [1.82, 2.24) is 4.90 Å². The third-order valence-corrected chi connectivity index (χ3v) is 6.03. The number of allylic oxidation sites excluding steroid dienone is 1. The van der Waals surface area contributed by atoms with Gasteiger partial charge >= 0.3 is 0 Å². The molecule has 0 aromatic heterocycles. The summed E-state index contributed by atoms with van der Waals surface area (Å²) in [6, 6.07) is 0. The molecule has 1 heterocycles. The van der Waals surface area contributed by atoms with Crippen LogP contribution in [0.1, 0.15) is 64.7 Å². The standard InChI is InChI=1S/C21H41N2O5P/c1-5-6-7-8-9-10-11-12-13-14-21(24)22-16-15-20(19-22)28-29(25,26)27-18-17-23(2,3)4/h12-13,20H,5-11,14-19H2,1-4H3/b13-12-/t20-/m0/s1. The van der Waals surface area contributed by atoms with Crippen LogP contribution in [0.3, 0.4) is 0 Å². The number of carbonyl (C=O) groups is 1. The number of carbonyl (C=O) groups excluding carboxylic acids is 1. The first-order valence-corrected chi connectivity index (χ1v) is 12.5. The summed E-state index contributed by atoms with van der Waals surface area (Å²) >= 11 is 0. The van der Waals surface area contributed by atoms with E-state index in [0.717, 1.165) is 6.42 Å². The van der Waals surface area contributed by atoms with Gasteiger partial charge in [-0.1, -0.05) is 51.2 Å². The molecule has 170 valence electrons. The predicted octanol–water partition coefficient (Wildman–Crippen LogP) is 3.49. The molecule has 2 atom stereocenters. The first-order chi connectivity index (χ1) is 13.6. The molecule has 1 amide bonds. The molecule has 0 N–H and O–H groups in total. The van der Waals surface area contributed by atoms with Gasteiger partial charge < -0.3 is 23.3 Å². The second-order valence-corrected chi connectivity index (χ2v) is 10.2. The van der Waals surface area contributed by atoms with Gasteiger partial charge in [-0.15, -0.1) is 0 Å². The van der Waals surface area contributed by atoms with Gasteiger partial charge in [0.1, 0.15) is 13.2 Å². The number of amides is 1. The minimum absolute atomic E-state index is 0.0157. The summed E-state index contributed by atoms with van der Waals surface area (Å²) in [7, 11) is 1.54. The average molecular weight is 433 g/mol. The molecule has 1 saturated heterocycles. The van der Waals surface area contributed by atoms with Crippen LogP contribution in [0.2, 0.25) is 0 Å². The summed E-state index contributed by atoms with van der Waals surface area (Å²) in [4.78, 5) is 25.9. The Morgan fingerprint density at radius 1 is 1.17 bits per heavy atom. The van der Waals surface area contributed by atoms with Crippen LogP contribution < -0.4 is 4.89 Å². The van der Waals surface area contributed by atoms with Crippen molar-refractivity contribution in [2.75, 3.05) is 47.4 Å². The van der Waals surface area contributed by atoms with Gasteiger partial charge in [0.05, 0.1) is 27.2 Å². The Balaban J connectivity index is 2.20. The Hall–Kier alpha value is -0.720.